The second-order valence-electron chi connectivity index (χ2n) is 5.74. The maximum atomic E-state index is 9.29. The Morgan fingerprint density at radius 3 is 2.95 bits per heavy atom. The van der Waals surface area contributed by atoms with Gasteiger partial charge in [-0.05, 0) is 30.4 Å². The Labute approximate surface area is 119 Å². The molecular formula is C17H19N3. The van der Waals surface area contributed by atoms with E-state index in [0.29, 0.717) is 11.5 Å². The molecule has 3 nitrogen and oxygen atoms in total. The van der Waals surface area contributed by atoms with Gasteiger partial charge >= 0.3 is 0 Å². The Morgan fingerprint density at radius 1 is 1.35 bits per heavy atom. The predicted molar refractivity (Wildman–Crippen MR) is 81.5 cm³/mol. The van der Waals surface area contributed by atoms with Crippen LogP contribution in [0.2, 0.25) is 0 Å². The zero-order valence-electron chi connectivity index (χ0n) is 11.8. The van der Waals surface area contributed by atoms with Crippen LogP contribution < -0.4 is 5.32 Å². The molecule has 2 unspecified atom stereocenters. The van der Waals surface area contributed by atoms with Crippen molar-refractivity contribution in [2.75, 3.05) is 11.9 Å². The zero-order chi connectivity index (χ0) is 13.9. The second kappa shape index (κ2) is 5.50. The number of fused-ring (bicyclic) bond motifs is 1. The van der Waals surface area contributed by atoms with Crippen LogP contribution in [0.25, 0.3) is 10.9 Å². The Morgan fingerprint density at radius 2 is 2.20 bits per heavy atom. The molecule has 1 aliphatic rings. The maximum Gasteiger partial charge on any atom is 0.144 e. The highest BCUT2D eigenvalue weighted by molar-refractivity contribution is 5.82. The van der Waals surface area contributed by atoms with Crippen molar-refractivity contribution in [3.63, 3.8) is 0 Å². The summed E-state index contributed by atoms with van der Waals surface area (Å²) in [5.74, 6) is 2.20. The summed E-state index contributed by atoms with van der Waals surface area (Å²) in [5, 5.41) is 13.7. The van der Waals surface area contributed by atoms with Crippen LogP contribution in [0.1, 0.15) is 31.7 Å². The number of nitrogens with one attached hydrogen (secondary N) is 1. The molecule has 1 fully saturated rings. The van der Waals surface area contributed by atoms with E-state index in [9.17, 15) is 5.26 Å². The summed E-state index contributed by atoms with van der Waals surface area (Å²) in [7, 11) is 0. The summed E-state index contributed by atoms with van der Waals surface area (Å²) in [4.78, 5) is 4.60. The van der Waals surface area contributed by atoms with E-state index in [1.807, 2.05) is 30.3 Å². The molecule has 1 aromatic heterocycles. The van der Waals surface area contributed by atoms with Crippen molar-refractivity contribution < 1.29 is 0 Å². The number of hydrogen-bond acceptors (Lipinski definition) is 3. The monoisotopic (exact) mass is 265 g/mol. The van der Waals surface area contributed by atoms with E-state index in [2.05, 4.69) is 23.3 Å². The van der Waals surface area contributed by atoms with E-state index in [1.165, 1.54) is 19.3 Å². The summed E-state index contributed by atoms with van der Waals surface area (Å²) in [5.41, 5.74) is 1.57. The third kappa shape index (κ3) is 2.46. The quantitative estimate of drug-likeness (QED) is 0.914. The van der Waals surface area contributed by atoms with Gasteiger partial charge < -0.3 is 5.32 Å². The number of benzene rings is 1. The van der Waals surface area contributed by atoms with Gasteiger partial charge in [0.25, 0.3) is 0 Å². The number of pyridine rings is 1. The minimum absolute atomic E-state index is 0.634. The van der Waals surface area contributed by atoms with Crippen LogP contribution in [0, 0.1) is 23.2 Å². The van der Waals surface area contributed by atoms with E-state index < -0.39 is 0 Å². The number of hydrogen-bond donors (Lipinski definition) is 1. The highest BCUT2D eigenvalue weighted by Gasteiger charge is 2.23. The maximum absolute atomic E-state index is 9.29. The Hall–Kier alpha value is -2.08. The van der Waals surface area contributed by atoms with Crippen LogP contribution in [-0.2, 0) is 0 Å². The molecule has 0 saturated heterocycles. The minimum Gasteiger partial charge on any atom is -0.369 e. The van der Waals surface area contributed by atoms with Gasteiger partial charge in [0.05, 0.1) is 11.1 Å². The largest absolute Gasteiger partial charge is 0.369 e. The first-order chi connectivity index (χ1) is 9.78. The molecule has 0 aliphatic heterocycles. The standard InChI is InChI=1S/C17H19N3/c1-12-5-4-7-14(12)11-19-17-15(10-18)9-13-6-2-3-8-16(13)20-17/h2-3,6,8-9,12,14H,4-5,7,11H2,1H3,(H,19,20). The lowest BCUT2D eigenvalue weighted by atomic mass is 9.98. The van der Waals surface area contributed by atoms with E-state index in [-0.39, 0.29) is 0 Å². The molecule has 0 bridgehead atoms. The van der Waals surface area contributed by atoms with Gasteiger partial charge in [0.15, 0.2) is 0 Å². The van der Waals surface area contributed by atoms with Crippen molar-refractivity contribution in [1.82, 2.24) is 4.98 Å². The van der Waals surface area contributed by atoms with Gasteiger partial charge in [0, 0.05) is 11.9 Å². The molecule has 3 rings (SSSR count). The molecule has 0 radical (unpaired) electrons. The summed E-state index contributed by atoms with van der Waals surface area (Å²) in [6.07, 6.45) is 3.93. The minimum atomic E-state index is 0.634. The van der Waals surface area contributed by atoms with Crippen LogP contribution in [0.4, 0.5) is 5.82 Å². The molecule has 1 N–H and O–H groups in total. The van der Waals surface area contributed by atoms with E-state index in [0.717, 1.165) is 29.2 Å². The van der Waals surface area contributed by atoms with Crippen molar-refractivity contribution in [2.24, 2.45) is 11.8 Å². The first-order valence-electron chi connectivity index (χ1n) is 7.31. The van der Waals surface area contributed by atoms with E-state index in [1.54, 1.807) is 0 Å². The first-order valence-corrected chi connectivity index (χ1v) is 7.31. The van der Waals surface area contributed by atoms with Gasteiger partial charge in [-0.1, -0.05) is 38.0 Å². The first kappa shape index (κ1) is 12.9. The fraction of sp³-hybridized carbons (Fsp3) is 0.412. The van der Waals surface area contributed by atoms with Crippen molar-refractivity contribution in [1.29, 1.82) is 5.26 Å². The van der Waals surface area contributed by atoms with Gasteiger partial charge in [0.1, 0.15) is 11.9 Å². The lowest BCUT2D eigenvalue weighted by molar-refractivity contribution is 0.439. The fourth-order valence-corrected chi connectivity index (χ4v) is 3.09. The number of nitrogens with zero attached hydrogens (tertiary/aromatic N) is 2. The third-order valence-corrected chi connectivity index (χ3v) is 4.42. The molecule has 1 heterocycles. The number of rotatable bonds is 3. The Kier molecular flexibility index (Phi) is 3.56. The third-order valence-electron chi connectivity index (χ3n) is 4.42. The average molecular weight is 265 g/mol. The highest BCUT2D eigenvalue weighted by atomic mass is 15.0. The molecule has 0 amide bonds. The van der Waals surface area contributed by atoms with Crippen LogP contribution in [0.3, 0.4) is 0 Å². The number of para-hydroxylation sites is 1. The lowest BCUT2D eigenvalue weighted by Crippen LogP contribution is -2.17. The van der Waals surface area contributed by atoms with Gasteiger partial charge in [-0.15, -0.1) is 0 Å². The van der Waals surface area contributed by atoms with Crippen LogP contribution in [0.15, 0.2) is 30.3 Å². The van der Waals surface area contributed by atoms with Crippen molar-refractivity contribution in [3.8, 4) is 6.07 Å². The summed E-state index contributed by atoms with van der Waals surface area (Å²) in [6.45, 7) is 3.24. The molecule has 0 spiro atoms. The normalized spacial score (nSPS) is 21.8. The smallest absolute Gasteiger partial charge is 0.144 e. The zero-order valence-corrected chi connectivity index (χ0v) is 11.8. The molecule has 20 heavy (non-hydrogen) atoms. The molecular weight excluding hydrogens is 246 g/mol. The van der Waals surface area contributed by atoms with Gasteiger partial charge in [-0.2, -0.15) is 5.26 Å². The fourth-order valence-electron chi connectivity index (χ4n) is 3.09. The van der Waals surface area contributed by atoms with Crippen molar-refractivity contribution in [2.45, 2.75) is 26.2 Å². The number of anilines is 1. The molecule has 102 valence electrons. The van der Waals surface area contributed by atoms with Crippen LogP contribution in [0.5, 0.6) is 0 Å². The molecule has 1 saturated carbocycles. The van der Waals surface area contributed by atoms with Crippen LogP contribution in [-0.4, -0.2) is 11.5 Å². The summed E-state index contributed by atoms with van der Waals surface area (Å²) >= 11 is 0. The molecule has 1 aliphatic carbocycles. The van der Waals surface area contributed by atoms with Crippen molar-refractivity contribution >= 4 is 16.7 Å². The van der Waals surface area contributed by atoms with Gasteiger partial charge in [-0.25, -0.2) is 4.98 Å². The molecule has 2 atom stereocenters. The molecule has 1 aromatic carbocycles. The van der Waals surface area contributed by atoms with Crippen LogP contribution >= 0.6 is 0 Å². The average Bonchev–Trinajstić information content (AvgIpc) is 2.89. The number of aromatic nitrogens is 1. The Bertz CT molecular complexity index is 657. The van der Waals surface area contributed by atoms with Crippen molar-refractivity contribution in [3.05, 3.63) is 35.9 Å². The summed E-state index contributed by atoms with van der Waals surface area (Å²) in [6, 6.07) is 12.1. The highest BCUT2D eigenvalue weighted by Crippen LogP contribution is 2.31. The van der Waals surface area contributed by atoms with Gasteiger partial charge in [0.2, 0.25) is 0 Å². The summed E-state index contributed by atoms with van der Waals surface area (Å²) < 4.78 is 0. The molecule has 3 heteroatoms. The van der Waals surface area contributed by atoms with Gasteiger partial charge in [-0.3, -0.25) is 0 Å². The second-order valence-corrected chi connectivity index (χ2v) is 5.74. The number of nitriles is 1. The van der Waals surface area contributed by atoms with E-state index >= 15 is 0 Å². The van der Waals surface area contributed by atoms with E-state index in [4.69, 9.17) is 0 Å². The predicted octanol–water partition coefficient (Wildman–Crippen LogP) is 3.95. The SMILES string of the molecule is CC1CCCC1CNc1nc2ccccc2cc1C#N. The topological polar surface area (TPSA) is 48.7 Å². The lowest BCUT2D eigenvalue weighted by Gasteiger charge is -2.17. The Balaban J connectivity index is 1.84. The molecule has 2 aromatic rings.